The van der Waals surface area contributed by atoms with Crippen molar-refractivity contribution in [3.63, 3.8) is 0 Å². The van der Waals surface area contributed by atoms with Gasteiger partial charge in [0.05, 0.1) is 6.54 Å². The standard InChI is InChI=1S/C22H23FN4O2/c1-15-4-2-5-17(12-15)21-25-20(29-26-21)14-27-10-8-16(9-11-27)22(28)24-19-7-3-6-18(23)13-19/h2-7,12-13,16H,8-11,14H2,1H3,(H,24,28). The minimum Gasteiger partial charge on any atom is -0.338 e. The van der Waals surface area contributed by atoms with E-state index in [1.165, 1.54) is 12.1 Å². The molecule has 2 aromatic carbocycles. The molecule has 0 saturated carbocycles. The molecule has 29 heavy (non-hydrogen) atoms. The van der Waals surface area contributed by atoms with Crippen LogP contribution in [-0.4, -0.2) is 34.0 Å². The molecule has 0 unspecified atom stereocenters. The maximum Gasteiger partial charge on any atom is 0.241 e. The van der Waals surface area contributed by atoms with Gasteiger partial charge < -0.3 is 9.84 Å². The Kier molecular flexibility index (Phi) is 5.67. The second-order valence-corrected chi connectivity index (χ2v) is 7.43. The first kappa shape index (κ1) is 19.3. The Morgan fingerprint density at radius 1 is 1.21 bits per heavy atom. The third kappa shape index (κ3) is 4.86. The second-order valence-electron chi connectivity index (χ2n) is 7.43. The van der Waals surface area contributed by atoms with Crippen LogP contribution in [0.5, 0.6) is 0 Å². The van der Waals surface area contributed by atoms with Crippen molar-refractivity contribution in [2.45, 2.75) is 26.3 Å². The average molecular weight is 394 g/mol. The number of carbonyl (C=O) groups excluding carboxylic acids is 1. The molecule has 0 spiro atoms. The molecule has 1 saturated heterocycles. The lowest BCUT2D eigenvalue weighted by Gasteiger charge is -2.30. The van der Waals surface area contributed by atoms with E-state index in [-0.39, 0.29) is 17.6 Å². The van der Waals surface area contributed by atoms with Gasteiger partial charge in [-0.2, -0.15) is 4.98 Å². The number of likely N-dealkylation sites (tertiary alicyclic amines) is 1. The summed E-state index contributed by atoms with van der Waals surface area (Å²) < 4.78 is 18.7. The number of anilines is 1. The third-order valence-corrected chi connectivity index (χ3v) is 5.15. The Hall–Kier alpha value is -3.06. The van der Waals surface area contributed by atoms with Gasteiger partial charge in [-0.25, -0.2) is 4.39 Å². The number of carbonyl (C=O) groups is 1. The van der Waals surface area contributed by atoms with E-state index in [2.05, 4.69) is 20.4 Å². The molecule has 1 aliphatic rings. The summed E-state index contributed by atoms with van der Waals surface area (Å²) in [5.74, 6) is 0.661. The van der Waals surface area contributed by atoms with Crippen LogP contribution < -0.4 is 5.32 Å². The highest BCUT2D eigenvalue weighted by molar-refractivity contribution is 5.92. The molecule has 0 radical (unpaired) electrons. The highest BCUT2D eigenvalue weighted by Crippen LogP contribution is 2.22. The van der Waals surface area contributed by atoms with Crippen LogP contribution in [0.3, 0.4) is 0 Å². The highest BCUT2D eigenvalue weighted by atomic mass is 19.1. The van der Waals surface area contributed by atoms with Crippen molar-refractivity contribution in [3.05, 3.63) is 65.8 Å². The molecular formula is C22H23FN4O2. The molecule has 0 aliphatic carbocycles. The van der Waals surface area contributed by atoms with Crippen LogP contribution in [-0.2, 0) is 11.3 Å². The zero-order valence-corrected chi connectivity index (χ0v) is 16.3. The quantitative estimate of drug-likeness (QED) is 0.707. The lowest BCUT2D eigenvalue weighted by molar-refractivity contribution is -0.121. The average Bonchev–Trinajstić information content (AvgIpc) is 3.17. The number of aromatic nitrogens is 2. The molecule has 6 nitrogen and oxygen atoms in total. The van der Waals surface area contributed by atoms with Gasteiger partial charge in [0.25, 0.3) is 0 Å². The minimum atomic E-state index is -0.359. The molecule has 1 fully saturated rings. The number of nitrogens with one attached hydrogen (secondary N) is 1. The summed E-state index contributed by atoms with van der Waals surface area (Å²) in [6.45, 7) is 4.13. The van der Waals surface area contributed by atoms with Gasteiger partial charge in [0, 0.05) is 17.2 Å². The van der Waals surface area contributed by atoms with Crippen LogP contribution in [0.2, 0.25) is 0 Å². The Labute approximate surface area is 168 Å². The van der Waals surface area contributed by atoms with E-state index < -0.39 is 0 Å². The van der Waals surface area contributed by atoms with E-state index in [1.54, 1.807) is 12.1 Å². The largest absolute Gasteiger partial charge is 0.338 e. The van der Waals surface area contributed by atoms with Crippen LogP contribution in [0.1, 0.15) is 24.3 Å². The number of halogens is 1. The molecule has 0 atom stereocenters. The summed E-state index contributed by atoms with van der Waals surface area (Å²) in [6.07, 6.45) is 1.47. The monoisotopic (exact) mass is 394 g/mol. The van der Waals surface area contributed by atoms with Gasteiger partial charge in [0.1, 0.15) is 5.82 Å². The molecule has 0 bridgehead atoms. The summed E-state index contributed by atoms with van der Waals surface area (Å²) in [7, 11) is 0. The lowest BCUT2D eigenvalue weighted by Crippen LogP contribution is -2.37. The number of nitrogens with zero attached hydrogens (tertiary/aromatic N) is 3. The Morgan fingerprint density at radius 3 is 2.76 bits per heavy atom. The lowest BCUT2D eigenvalue weighted by atomic mass is 9.96. The van der Waals surface area contributed by atoms with Gasteiger partial charge in [0.15, 0.2) is 0 Å². The van der Waals surface area contributed by atoms with Crippen LogP contribution in [0.25, 0.3) is 11.4 Å². The minimum absolute atomic E-state index is 0.0604. The number of hydrogen-bond acceptors (Lipinski definition) is 5. The molecule has 4 rings (SSSR count). The number of hydrogen-bond donors (Lipinski definition) is 1. The normalized spacial score (nSPS) is 15.4. The van der Waals surface area contributed by atoms with Gasteiger partial charge in [-0.3, -0.25) is 9.69 Å². The Bertz CT molecular complexity index is 996. The summed E-state index contributed by atoms with van der Waals surface area (Å²) in [6, 6.07) is 14.0. The number of benzene rings is 2. The van der Waals surface area contributed by atoms with Crippen molar-refractivity contribution in [2.75, 3.05) is 18.4 Å². The zero-order chi connectivity index (χ0) is 20.2. The van der Waals surface area contributed by atoms with E-state index in [0.29, 0.717) is 23.9 Å². The maximum absolute atomic E-state index is 13.3. The fraction of sp³-hybridized carbons (Fsp3) is 0.318. The van der Waals surface area contributed by atoms with Crippen molar-refractivity contribution >= 4 is 11.6 Å². The topological polar surface area (TPSA) is 71.3 Å². The fourth-order valence-electron chi connectivity index (χ4n) is 3.58. The first-order valence-electron chi connectivity index (χ1n) is 9.75. The predicted octanol–water partition coefficient (Wildman–Crippen LogP) is 4.03. The van der Waals surface area contributed by atoms with E-state index in [0.717, 1.165) is 37.1 Å². The Balaban J connectivity index is 1.29. The molecule has 1 amide bonds. The predicted molar refractivity (Wildman–Crippen MR) is 108 cm³/mol. The third-order valence-electron chi connectivity index (χ3n) is 5.15. The number of piperidine rings is 1. The second kappa shape index (κ2) is 8.53. The van der Waals surface area contributed by atoms with Gasteiger partial charge >= 0.3 is 0 Å². The molecule has 1 aliphatic heterocycles. The van der Waals surface area contributed by atoms with E-state index >= 15 is 0 Å². The fourth-order valence-corrected chi connectivity index (χ4v) is 3.58. The smallest absolute Gasteiger partial charge is 0.241 e. The van der Waals surface area contributed by atoms with Crippen molar-refractivity contribution in [1.29, 1.82) is 0 Å². The molecule has 1 N–H and O–H groups in total. The van der Waals surface area contributed by atoms with Crippen LogP contribution >= 0.6 is 0 Å². The van der Waals surface area contributed by atoms with Crippen molar-refractivity contribution < 1.29 is 13.7 Å². The van der Waals surface area contributed by atoms with Gasteiger partial charge in [-0.1, -0.05) is 35.0 Å². The molecule has 1 aromatic heterocycles. The van der Waals surface area contributed by atoms with Gasteiger partial charge in [0.2, 0.25) is 17.6 Å². The Morgan fingerprint density at radius 2 is 2.00 bits per heavy atom. The molecule has 7 heteroatoms. The van der Waals surface area contributed by atoms with Gasteiger partial charge in [-0.05, 0) is 57.1 Å². The van der Waals surface area contributed by atoms with Crippen LogP contribution in [0.4, 0.5) is 10.1 Å². The van der Waals surface area contributed by atoms with Crippen molar-refractivity contribution in [2.24, 2.45) is 5.92 Å². The van der Waals surface area contributed by atoms with Crippen LogP contribution in [0, 0.1) is 18.7 Å². The molecule has 150 valence electrons. The molecule has 3 aromatic rings. The van der Waals surface area contributed by atoms with E-state index in [1.807, 2.05) is 31.2 Å². The zero-order valence-electron chi connectivity index (χ0n) is 16.3. The molecule has 2 heterocycles. The summed E-state index contributed by atoms with van der Waals surface area (Å²) in [4.78, 5) is 19.1. The first-order valence-corrected chi connectivity index (χ1v) is 9.75. The summed E-state index contributed by atoms with van der Waals surface area (Å²) in [5.41, 5.74) is 2.58. The first-order chi connectivity index (χ1) is 14.1. The van der Waals surface area contributed by atoms with Gasteiger partial charge in [-0.15, -0.1) is 0 Å². The van der Waals surface area contributed by atoms with Crippen molar-refractivity contribution in [3.8, 4) is 11.4 Å². The summed E-state index contributed by atoms with van der Waals surface area (Å²) in [5, 5.41) is 6.89. The van der Waals surface area contributed by atoms with E-state index in [4.69, 9.17) is 4.52 Å². The van der Waals surface area contributed by atoms with Crippen LogP contribution in [0.15, 0.2) is 53.1 Å². The van der Waals surface area contributed by atoms with E-state index in [9.17, 15) is 9.18 Å². The number of amides is 1. The SMILES string of the molecule is Cc1cccc(-c2noc(CN3CCC(C(=O)Nc4cccc(F)c4)CC3)n2)c1. The van der Waals surface area contributed by atoms with Crippen molar-refractivity contribution in [1.82, 2.24) is 15.0 Å². The number of aryl methyl sites for hydroxylation is 1. The highest BCUT2D eigenvalue weighted by Gasteiger charge is 2.26. The maximum atomic E-state index is 13.3. The molecular weight excluding hydrogens is 371 g/mol. The summed E-state index contributed by atoms with van der Waals surface area (Å²) >= 11 is 0. The number of rotatable bonds is 5.